The number of rotatable bonds is 3. The number of pyridine rings is 1. The van der Waals surface area contributed by atoms with Crippen LogP contribution in [0.15, 0.2) is 28.3 Å². The number of anilines is 1. The van der Waals surface area contributed by atoms with Crippen molar-refractivity contribution in [3.05, 3.63) is 44.3 Å². The zero-order valence-corrected chi connectivity index (χ0v) is 12.2. The third kappa shape index (κ3) is 2.99. The smallest absolute Gasteiger partial charge is 0.337 e. The number of carbonyl (C=O) groups excluding carboxylic acids is 1. The maximum absolute atomic E-state index is 12.0. The summed E-state index contributed by atoms with van der Waals surface area (Å²) in [5, 5.41) is 11.6. The second kappa shape index (κ2) is 5.50. The molecule has 0 saturated carbocycles. The van der Waals surface area contributed by atoms with Crippen LogP contribution >= 0.6 is 27.3 Å². The molecule has 7 heteroatoms. The van der Waals surface area contributed by atoms with Crippen LogP contribution < -0.4 is 5.32 Å². The number of thiophene rings is 1. The average molecular weight is 341 g/mol. The van der Waals surface area contributed by atoms with Gasteiger partial charge in [-0.1, -0.05) is 0 Å². The molecule has 1 amide bonds. The number of aromatic nitrogens is 1. The van der Waals surface area contributed by atoms with E-state index in [1.54, 1.807) is 6.07 Å². The van der Waals surface area contributed by atoms with Gasteiger partial charge in [0.15, 0.2) is 0 Å². The van der Waals surface area contributed by atoms with Crippen LogP contribution in [0.3, 0.4) is 0 Å². The monoisotopic (exact) mass is 340 g/mol. The molecule has 5 nitrogen and oxygen atoms in total. The summed E-state index contributed by atoms with van der Waals surface area (Å²) >= 11 is 4.63. The van der Waals surface area contributed by atoms with E-state index in [4.69, 9.17) is 5.11 Å². The van der Waals surface area contributed by atoms with Gasteiger partial charge in [-0.25, -0.2) is 4.79 Å². The first kappa shape index (κ1) is 13.7. The van der Waals surface area contributed by atoms with E-state index in [9.17, 15) is 9.59 Å². The van der Waals surface area contributed by atoms with Gasteiger partial charge < -0.3 is 10.4 Å². The zero-order valence-electron chi connectivity index (χ0n) is 9.81. The second-order valence-corrected chi connectivity index (χ2v) is 6.12. The fraction of sp³-hybridized carbons (Fsp3) is 0.0833. The van der Waals surface area contributed by atoms with Crippen LogP contribution in [0.4, 0.5) is 5.69 Å². The Bertz CT molecular complexity index is 635. The Balaban J connectivity index is 2.26. The van der Waals surface area contributed by atoms with Gasteiger partial charge in [0.05, 0.1) is 26.1 Å². The Morgan fingerprint density at radius 1 is 1.47 bits per heavy atom. The Morgan fingerprint density at radius 2 is 2.21 bits per heavy atom. The number of hydrogen-bond donors (Lipinski definition) is 2. The molecule has 19 heavy (non-hydrogen) atoms. The van der Waals surface area contributed by atoms with E-state index in [-0.39, 0.29) is 17.2 Å². The average Bonchev–Trinajstić information content (AvgIpc) is 2.70. The van der Waals surface area contributed by atoms with Crippen molar-refractivity contribution < 1.29 is 14.7 Å². The Labute approximate surface area is 121 Å². The summed E-state index contributed by atoms with van der Waals surface area (Å²) in [7, 11) is 0. The summed E-state index contributed by atoms with van der Waals surface area (Å²) in [6.45, 7) is 1.88. The van der Waals surface area contributed by atoms with Gasteiger partial charge >= 0.3 is 5.97 Å². The molecule has 0 fully saturated rings. The molecule has 0 aliphatic carbocycles. The van der Waals surface area contributed by atoms with Gasteiger partial charge in [-0.3, -0.25) is 9.78 Å². The summed E-state index contributed by atoms with van der Waals surface area (Å²) in [6, 6.07) is 3.08. The molecule has 98 valence electrons. The highest BCUT2D eigenvalue weighted by atomic mass is 79.9. The largest absolute Gasteiger partial charge is 0.478 e. The fourth-order valence-corrected chi connectivity index (χ4v) is 2.87. The van der Waals surface area contributed by atoms with Gasteiger partial charge in [0.2, 0.25) is 0 Å². The lowest BCUT2D eigenvalue weighted by molar-refractivity contribution is 0.0698. The van der Waals surface area contributed by atoms with Gasteiger partial charge in [-0.05, 0) is 40.5 Å². The van der Waals surface area contributed by atoms with E-state index in [2.05, 4.69) is 26.2 Å². The molecule has 0 aliphatic heterocycles. The molecule has 2 aromatic rings. The minimum absolute atomic E-state index is 0.00990. The third-order valence-electron chi connectivity index (χ3n) is 2.38. The fourth-order valence-electron chi connectivity index (χ4n) is 1.44. The molecular formula is C12H9BrN2O3S. The molecule has 0 unspecified atom stereocenters. The topological polar surface area (TPSA) is 79.3 Å². The number of aryl methyl sites for hydroxylation is 1. The number of amides is 1. The highest BCUT2D eigenvalue weighted by Crippen LogP contribution is 2.28. The Kier molecular flexibility index (Phi) is 3.96. The molecular weight excluding hydrogens is 332 g/mol. The quantitative estimate of drug-likeness (QED) is 0.899. The van der Waals surface area contributed by atoms with Gasteiger partial charge in [0.1, 0.15) is 0 Å². The van der Waals surface area contributed by atoms with E-state index >= 15 is 0 Å². The Hall–Kier alpha value is -1.73. The Morgan fingerprint density at radius 3 is 2.79 bits per heavy atom. The van der Waals surface area contributed by atoms with Crippen LogP contribution in [0.25, 0.3) is 0 Å². The second-order valence-electron chi connectivity index (χ2n) is 3.75. The minimum atomic E-state index is -1.11. The number of carbonyl (C=O) groups is 2. The number of nitrogens with zero attached hydrogens (tertiary/aromatic N) is 1. The molecule has 2 heterocycles. The first-order valence-corrected chi connectivity index (χ1v) is 6.84. The van der Waals surface area contributed by atoms with Crippen molar-refractivity contribution in [1.29, 1.82) is 0 Å². The maximum atomic E-state index is 12.0. The number of hydrogen-bond acceptors (Lipinski definition) is 4. The molecule has 0 atom stereocenters. The SMILES string of the molecule is Cc1cc(C(=O)Nc2cnccc2C(=O)O)sc1Br. The number of nitrogens with one attached hydrogen (secondary N) is 1. The lowest BCUT2D eigenvalue weighted by atomic mass is 10.2. The molecule has 2 N–H and O–H groups in total. The van der Waals surface area contributed by atoms with E-state index in [0.717, 1.165) is 9.35 Å². The third-order valence-corrected chi connectivity index (χ3v) is 4.52. The van der Waals surface area contributed by atoms with E-state index in [1.807, 2.05) is 6.92 Å². The lowest BCUT2D eigenvalue weighted by Crippen LogP contribution is -2.13. The highest BCUT2D eigenvalue weighted by Gasteiger charge is 2.15. The first-order chi connectivity index (χ1) is 8.99. The number of aromatic carboxylic acids is 1. The van der Waals surface area contributed by atoms with Crippen molar-refractivity contribution >= 4 is 44.8 Å². The summed E-state index contributed by atoms with van der Waals surface area (Å²) in [4.78, 5) is 27.3. The predicted octanol–water partition coefficient (Wildman–Crippen LogP) is 3.16. The van der Waals surface area contributed by atoms with E-state index in [1.165, 1.54) is 29.8 Å². The van der Waals surface area contributed by atoms with E-state index < -0.39 is 5.97 Å². The minimum Gasteiger partial charge on any atom is -0.478 e. The van der Waals surface area contributed by atoms with Crippen molar-refractivity contribution in [2.45, 2.75) is 6.92 Å². The van der Waals surface area contributed by atoms with Crippen molar-refractivity contribution in [3.63, 3.8) is 0 Å². The van der Waals surface area contributed by atoms with Gasteiger partial charge in [-0.15, -0.1) is 11.3 Å². The number of carboxylic acids is 1. The van der Waals surface area contributed by atoms with Crippen molar-refractivity contribution in [2.75, 3.05) is 5.32 Å². The standard InChI is InChI=1S/C12H9BrN2O3S/c1-6-4-9(19-10(6)13)11(16)15-8-5-14-3-2-7(8)12(17)18/h2-5H,1H3,(H,15,16)(H,17,18). The van der Waals surface area contributed by atoms with Crippen LogP contribution in [0.2, 0.25) is 0 Å². The van der Waals surface area contributed by atoms with Crippen LogP contribution in [-0.4, -0.2) is 22.0 Å². The normalized spacial score (nSPS) is 10.2. The summed E-state index contributed by atoms with van der Waals surface area (Å²) in [5.74, 6) is -1.46. The number of carboxylic acid groups (broad SMARTS) is 1. The van der Waals surface area contributed by atoms with Crippen molar-refractivity contribution in [3.8, 4) is 0 Å². The molecule has 2 aromatic heterocycles. The molecule has 0 aromatic carbocycles. The van der Waals surface area contributed by atoms with Gasteiger partial charge in [-0.2, -0.15) is 0 Å². The summed E-state index contributed by atoms with van der Waals surface area (Å²) in [5.41, 5.74) is 1.15. The molecule has 0 bridgehead atoms. The maximum Gasteiger partial charge on any atom is 0.337 e. The van der Waals surface area contributed by atoms with Crippen LogP contribution in [0, 0.1) is 6.92 Å². The highest BCUT2D eigenvalue weighted by molar-refractivity contribution is 9.11. The van der Waals surface area contributed by atoms with Crippen molar-refractivity contribution in [1.82, 2.24) is 4.98 Å². The molecule has 0 spiro atoms. The van der Waals surface area contributed by atoms with Crippen LogP contribution in [0.5, 0.6) is 0 Å². The molecule has 0 saturated heterocycles. The van der Waals surface area contributed by atoms with Gasteiger partial charge in [0, 0.05) is 6.20 Å². The first-order valence-electron chi connectivity index (χ1n) is 5.23. The lowest BCUT2D eigenvalue weighted by Gasteiger charge is -2.06. The van der Waals surface area contributed by atoms with E-state index in [0.29, 0.717) is 4.88 Å². The van der Waals surface area contributed by atoms with Crippen LogP contribution in [-0.2, 0) is 0 Å². The molecule has 2 rings (SSSR count). The van der Waals surface area contributed by atoms with Crippen molar-refractivity contribution in [2.24, 2.45) is 0 Å². The molecule has 0 radical (unpaired) electrons. The van der Waals surface area contributed by atoms with Gasteiger partial charge in [0.25, 0.3) is 5.91 Å². The van der Waals surface area contributed by atoms with Crippen LogP contribution in [0.1, 0.15) is 25.6 Å². The molecule has 0 aliphatic rings. The zero-order chi connectivity index (χ0) is 14.0. The predicted molar refractivity (Wildman–Crippen MR) is 75.9 cm³/mol. The summed E-state index contributed by atoms with van der Waals surface area (Å²) in [6.07, 6.45) is 2.68. The number of halogens is 1. The summed E-state index contributed by atoms with van der Waals surface area (Å²) < 4.78 is 0.877.